The molecule has 29 heavy (non-hydrogen) atoms. The van der Waals surface area contributed by atoms with Crippen molar-refractivity contribution >= 4 is 23.3 Å². The van der Waals surface area contributed by atoms with Crippen LogP contribution in [0.25, 0.3) is 0 Å². The number of benzene rings is 2. The number of carbonyl (C=O) groups excluding carboxylic acids is 1. The molecular formula is C16H12ClF3N4O5. The van der Waals surface area contributed by atoms with E-state index in [1.165, 1.54) is 6.07 Å². The molecule has 13 heteroatoms. The van der Waals surface area contributed by atoms with Crippen molar-refractivity contribution in [3.63, 3.8) is 0 Å². The van der Waals surface area contributed by atoms with Crippen LogP contribution in [0.2, 0.25) is 5.02 Å². The van der Waals surface area contributed by atoms with Crippen molar-refractivity contribution in [3.8, 4) is 11.5 Å². The van der Waals surface area contributed by atoms with Crippen LogP contribution in [0.5, 0.6) is 11.5 Å². The summed E-state index contributed by atoms with van der Waals surface area (Å²) in [5, 5.41) is 21.3. The van der Waals surface area contributed by atoms with Gasteiger partial charge < -0.3 is 15.7 Å². The first-order valence-corrected chi connectivity index (χ1v) is 7.92. The number of oxime groups is 1. The lowest BCUT2D eigenvalue weighted by atomic mass is 10.1. The third kappa shape index (κ3) is 4.85. The van der Waals surface area contributed by atoms with Crippen molar-refractivity contribution in [1.82, 2.24) is 5.01 Å². The van der Waals surface area contributed by atoms with E-state index in [2.05, 4.69) is 5.16 Å². The van der Waals surface area contributed by atoms with Crippen molar-refractivity contribution < 1.29 is 32.9 Å². The van der Waals surface area contributed by atoms with Gasteiger partial charge in [0.1, 0.15) is 11.5 Å². The largest absolute Gasteiger partial charge is 0.456 e. The molecule has 0 radical (unpaired) electrons. The second-order valence-corrected chi connectivity index (χ2v) is 5.91. The van der Waals surface area contributed by atoms with Crippen LogP contribution in [-0.2, 0) is 6.18 Å². The molecule has 0 bridgehead atoms. The Hall–Kier alpha value is -3.54. The van der Waals surface area contributed by atoms with Gasteiger partial charge in [-0.15, -0.1) is 0 Å². The maximum absolute atomic E-state index is 12.7. The zero-order valence-corrected chi connectivity index (χ0v) is 15.2. The summed E-state index contributed by atoms with van der Waals surface area (Å²) < 4.78 is 43.6. The van der Waals surface area contributed by atoms with Crippen LogP contribution in [0.4, 0.5) is 13.2 Å². The molecule has 0 atom stereocenters. The summed E-state index contributed by atoms with van der Waals surface area (Å²) in [4.78, 5) is 23.0. The highest BCUT2D eigenvalue weighted by atomic mass is 35.5. The molecule has 154 valence electrons. The van der Waals surface area contributed by atoms with Gasteiger partial charge in [0, 0.05) is 5.56 Å². The number of hydrogen-bond donors (Lipinski definition) is 2. The number of amides is 1. The first kappa shape index (κ1) is 21.8. The molecule has 2 aromatic carbocycles. The van der Waals surface area contributed by atoms with Gasteiger partial charge in [-0.05, 0) is 36.4 Å². The number of ether oxygens (including phenoxy) is 1. The second kappa shape index (κ2) is 8.22. The summed E-state index contributed by atoms with van der Waals surface area (Å²) in [6, 6.07) is 5.87. The quantitative estimate of drug-likeness (QED) is 0.244. The van der Waals surface area contributed by atoms with Crippen LogP contribution < -0.4 is 10.5 Å². The molecule has 0 spiro atoms. The lowest BCUT2D eigenvalue weighted by Gasteiger charge is -2.14. The van der Waals surface area contributed by atoms with E-state index in [4.69, 9.17) is 27.3 Å². The van der Waals surface area contributed by atoms with Gasteiger partial charge in [0.15, 0.2) is 10.9 Å². The number of nitrogens with zero attached hydrogens (tertiary/aromatic N) is 3. The third-order valence-electron chi connectivity index (χ3n) is 3.63. The van der Waals surface area contributed by atoms with E-state index in [9.17, 15) is 28.1 Å². The predicted octanol–water partition coefficient (Wildman–Crippen LogP) is 3.51. The van der Waals surface area contributed by atoms with E-state index in [-0.39, 0.29) is 32.7 Å². The summed E-state index contributed by atoms with van der Waals surface area (Å²) in [7, 11) is 0.908. The van der Waals surface area contributed by atoms with Gasteiger partial charge in [0.2, 0.25) is 0 Å². The molecule has 0 aliphatic rings. The molecule has 9 nitrogen and oxygen atoms in total. The van der Waals surface area contributed by atoms with Gasteiger partial charge in [-0.3, -0.25) is 4.79 Å². The lowest BCUT2D eigenvalue weighted by Crippen LogP contribution is -2.33. The Bertz CT molecular complexity index is 997. The van der Waals surface area contributed by atoms with Gasteiger partial charge in [-0.2, -0.15) is 13.2 Å². The highest BCUT2D eigenvalue weighted by Crippen LogP contribution is 2.36. The Morgan fingerprint density at radius 1 is 1.28 bits per heavy atom. The SMILES string of the molecule is CN(C(=O)c1ccc(Oc2ccc(C(F)(F)F)cc2Cl)cc1C(N)=NO)[N+](=O)[O-]. The monoisotopic (exact) mass is 432 g/mol. The minimum Gasteiger partial charge on any atom is -0.456 e. The Morgan fingerprint density at radius 3 is 2.45 bits per heavy atom. The molecule has 0 saturated carbocycles. The molecule has 0 heterocycles. The molecule has 2 aromatic rings. The molecule has 0 aliphatic carbocycles. The summed E-state index contributed by atoms with van der Waals surface area (Å²) in [6.07, 6.45) is -4.59. The van der Waals surface area contributed by atoms with Crippen LogP contribution in [0.1, 0.15) is 21.5 Å². The zero-order valence-electron chi connectivity index (χ0n) is 14.5. The van der Waals surface area contributed by atoms with E-state index in [0.29, 0.717) is 6.07 Å². The Morgan fingerprint density at radius 2 is 1.93 bits per heavy atom. The fraction of sp³-hybridized carbons (Fsp3) is 0.125. The minimum absolute atomic E-state index is 0.0337. The Balaban J connectivity index is 2.43. The number of carbonyl (C=O) groups is 1. The van der Waals surface area contributed by atoms with Crippen molar-refractivity contribution in [3.05, 3.63) is 68.2 Å². The van der Waals surface area contributed by atoms with Crippen LogP contribution in [0, 0.1) is 10.1 Å². The fourth-order valence-electron chi connectivity index (χ4n) is 2.17. The molecule has 0 unspecified atom stereocenters. The number of nitrogens with two attached hydrogens (primary N) is 1. The van der Waals surface area contributed by atoms with Crippen LogP contribution in [-0.4, -0.2) is 34.0 Å². The number of hydrogen-bond acceptors (Lipinski definition) is 6. The molecule has 2 rings (SSSR count). The van der Waals surface area contributed by atoms with Crippen LogP contribution >= 0.6 is 11.6 Å². The number of rotatable bonds is 5. The summed E-state index contributed by atoms with van der Waals surface area (Å²) in [6.45, 7) is 0. The first-order valence-electron chi connectivity index (χ1n) is 7.54. The predicted molar refractivity (Wildman–Crippen MR) is 94.6 cm³/mol. The maximum Gasteiger partial charge on any atom is 0.416 e. The van der Waals surface area contributed by atoms with E-state index >= 15 is 0 Å². The smallest absolute Gasteiger partial charge is 0.416 e. The standard InChI is InChI=1S/C16H12ClF3N4O5/c1-23(24(27)28)15(25)10-4-3-9(7-11(10)14(21)22-26)29-13-5-2-8(6-12(13)17)16(18,19)20/h2-7,26H,1H3,(H2,21,22). The fourth-order valence-corrected chi connectivity index (χ4v) is 2.39. The number of halogens is 4. The first-order chi connectivity index (χ1) is 13.5. The summed E-state index contributed by atoms with van der Waals surface area (Å²) in [5.74, 6) is -1.77. The van der Waals surface area contributed by atoms with Gasteiger partial charge >= 0.3 is 12.1 Å². The lowest BCUT2D eigenvalue weighted by molar-refractivity contribution is -0.625. The maximum atomic E-state index is 12.7. The van der Waals surface area contributed by atoms with E-state index in [1.807, 2.05) is 0 Å². The van der Waals surface area contributed by atoms with Gasteiger partial charge in [0.25, 0.3) is 0 Å². The Kier molecular flexibility index (Phi) is 6.17. The average Bonchev–Trinajstić information content (AvgIpc) is 2.66. The Labute approximate surface area is 165 Å². The van der Waals surface area contributed by atoms with Crippen molar-refractivity contribution in [2.75, 3.05) is 7.05 Å². The molecule has 0 saturated heterocycles. The van der Waals surface area contributed by atoms with Gasteiger partial charge in [0.05, 0.1) is 23.2 Å². The molecule has 0 aliphatic heterocycles. The molecule has 0 fully saturated rings. The van der Waals surface area contributed by atoms with Gasteiger partial charge in [-0.25, -0.2) is 10.1 Å². The molecule has 3 N–H and O–H groups in total. The van der Waals surface area contributed by atoms with Crippen molar-refractivity contribution in [2.24, 2.45) is 10.9 Å². The summed E-state index contributed by atoms with van der Waals surface area (Å²) in [5.41, 5.74) is 4.07. The molecule has 0 aromatic heterocycles. The molecule has 1 amide bonds. The van der Waals surface area contributed by atoms with Crippen molar-refractivity contribution in [1.29, 1.82) is 0 Å². The highest BCUT2D eigenvalue weighted by Gasteiger charge is 2.31. The second-order valence-electron chi connectivity index (χ2n) is 5.50. The van der Waals surface area contributed by atoms with Gasteiger partial charge in [-0.1, -0.05) is 21.8 Å². The normalized spacial score (nSPS) is 11.8. The van der Waals surface area contributed by atoms with E-state index < -0.39 is 28.5 Å². The van der Waals surface area contributed by atoms with E-state index in [0.717, 1.165) is 31.3 Å². The minimum atomic E-state index is -4.59. The van der Waals surface area contributed by atoms with E-state index in [1.54, 1.807) is 0 Å². The highest BCUT2D eigenvalue weighted by molar-refractivity contribution is 6.32. The zero-order chi connectivity index (χ0) is 21.9. The van der Waals surface area contributed by atoms with Crippen LogP contribution in [0.3, 0.4) is 0 Å². The number of amidine groups is 1. The molecular weight excluding hydrogens is 421 g/mol. The number of nitro groups is 1. The summed E-state index contributed by atoms with van der Waals surface area (Å²) >= 11 is 5.82. The third-order valence-corrected chi connectivity index (χ3v) is 3.93. The topological polar surface area (TPSA) is 131 Å². The average molecular weight is 433 g/mol. The number of alkyl halides is 3. The number of hydrazine groups is 1. The van der Waals surface area contributed by atoms with Crippen molar-refractivity contribution in [2.45, 2.75) is 6.18 Å². The van der Waals surface area contributed by atoms with Crippen LogP contribution in [0.15, 0.2) is 41.6 Å².